The fourth-order valence-electron chi connectivity index (χ4n) is 7.98. The number of fused-ring (bicyclic) bond motifs is 2. The average Bonchev–Trinajstić information content (AvgIpc) is 3.12. The number of rotatable bonds is 16. The van der Waals surface area contributed by atoms with Gasteiger partial charge in [-0.3, -0.25) is 19.4 Å². The molecule has 1 aromatic heterocycles. The molecule has 2 bridgehead atoms. The number of nitrogens with one attached hydrogen (secondary N) is 3. The zero-order valence-electron chi connectivity index (χ0n) is 31.0. The number of nitrogens with zero attached hydrogens (tertiary/aromatic N) is 2. The van der Waals surface area contributed by atoms with Crippen LogP contribution >= 0.6 is 0 Å². The van der Waals surface area contributed by atoms with Crippen molar-refractivity contribution in [3.8, 4) is 0 Å². The molecule has 6 atom stereocenters. The molecule has 1 heterocycles. The highest BCUT2D eigenvalue weighted by Gasteiger charge is 2.74. The summed E-state index contributed by atoms with van der Waals surface area (Å²) < 4.78 is 12.0. The van der Waals surface area contributed by atoms with Crippen molar-refractivity contribution in [3.63, 3.8) is 0 Å². The van der Waals surface area contributed by atoms with E-state index in [1.54, 1.807) is 6.92 Å². The van der Waals surface area contributed by atoms with Gasteiger partial charge in [0.25, 0.3) is 5.91 Å². The van der Waals surface area contributed by atoms with Crippen molar-refractivity contribution >= 4 is 31.0 Å². The number of carbonyl (C=O) groups is 4. The van der Waals surface area contributed by atoms with Crippen molar-refractivity contribution in [1.82, 2.24) is 25.9 Å². The van der Waals surface area contributed by atoms with E-state index in [9.17, 15) is 29.2 Å². The molecule has 3 fully saturated rings. The van der Waals surface area contributed by atoms with Gasteiger partial charge in [-0.15, -0.1) is 0 Å². The van der Waals surface area contributed by atoms with E-state index >= 15 is 0 Å². The summed E-state index contributed by atoms with van der Waals surface area (Å²) in [6.45, 7) is 9.53. The lowest BCUT2D eigenvalue weighted by Gasteiger charge is -2.70. The number of amides is 3. The summed E-state index contributed by atoms with van der Waals surface area (Å²) in [5.74, 6) is -2.29. The molecule has 3 aromatic rings. The SMILES string of the molecule is CC(C)C[C@H](NC(=O)[C@H](Cc1ccccc1)NC(=O)[C@H](Cc1ccccc1)NC(=O)c1cnccn1)C(=O)OC12CC(CCC1(C)OB(O)O)C2(C)C. The third-order valence-corrected chi connectivity index (χ3v) is 11.0. The summed E-state index contributed by atoms with van der Waals surface area (Å²) in [5, 5.41) is 28.1. The fourth-order valence-corrected chi connectivity index (χ4v) is 7.98. The van der Waals surface area contributed by atoms with E-state index in [1.807, 2.05) is 88.4 Å². The van der Waals surface area contributed by atoms with Crippen LogP contribution in [-0.2, 0) is 36.6 Å². The average molecular weight is 728 g/mol. The number of benzene rings is 2. The summed E-state index contributed by atoms with van der Waals surface area (Å²) in [6.07, 6.45) is 6.27. The molecule has 3 unspecified atom stereocenters. The van der Waals surface area contributed by atoms with Crippen LogP contribution in [-0.4, -0.2) is 80.4 Å². The molecule has 3 amide bonds. The second kappa shape index (κ2) is 16.6. The normalized spacial score (nSPS) is 23.1. The maximum Gasteiger partial charge on any atom is 0.634 e. The van der Waals surface area contributed by atoms with E-state index < -0.39 is 65.8 Å². The molecule has 14 heteroatoms. The highest BCUT2D eigenvalue weighted by atomic mass is 16.7. The highest BCUT2D eigenvalue weighted by Crippen LogP contribution is 2.68. The molecule has 13 nitrogen and oxygen atoms in total. The van der Waals surface area contributed by atoms with Crippen molar-refractivity contribution < 1.29 is 38.6 Å². The number of carbonyl (C=O) groups excluding carboxylic acids is 4. The Bertz CT molecular complexity index is 1730. The van der Waals surface area contributed by atoms with Crippen molar-refractivity contribution in [2.45, 2.75) is 102 Å². The van der Waals surface area contributed by atoms with Gasteiger partial charge in [-0.25, -0.2) is 9.78 Å². The lowest BCUT2D eigenvalue weighted by Crippen LogP contribution is -2.78. The Balaban J connectivity index is 1.40. The summed E-state index contributed by atoms with van der Waals surface area (Å²) in [6, 6.07) is 15.0. The van der Waals surface area contributed by atoms with Crippen LogP contribution in [0, 0.1) is 17.3 Å². The third-order valence-electron chi connectivity index (χ3n) is 11.0. The van der Waals surface area contributed by atoms with Gasteiger partial charge in [0.2, 0.25) is 11.8 Å². The first kappa shape index (κ1) is 39.6. The molecular weight excluding hydrogens is 677 g/mol. The van der Waals surface area contributed by atoms with Crippen LogP contribution in [0.5, 0.6) is 0 Å². The van der Waals surface area contributed by atoms with Crippen LogP contribution in [0.2, 0.25) is 0 Å². The van der Waals surface area contributed by atoms with E-state index in [0.29, 0.717) is 12.8 Å². The van der Waals surface area contributed by atoms with E-state index in [0.717, 1.165) is 17.5 Å². The van der Waals surface area contributed by atoms with Crippen molar-refractivity contribution in [1.29, 1.82) is 0 Å². The standard InChI is InChI=1S/C39H50BN5O8/c1-25(2)20-31(36(49)52-39-23-28(37(39,3)4)16-17-38(39,5)53-40(50)51)45-34(47)30(22-27-14-10-7-11-15-27)43-33(46)29(21-26-12-8-6-9-13-26)44-35(48)32-24-41-18-19-42-32/h6-15,18-19,24-25,28-31,50-51H,16-17,20-23H2,1-5H3,(H,43,46)(H,44,48)(H,45,47)/t28?,29-,30-,31-,38?,39?/m0/s1. The van der Waals surface area contributed by atoms with E-state index in [-0.39, 0.29) is 36.8 Å². The molecule has 0 spiro atoms. The molecule has 0 saturated heterocycles. The third kappa shape index (κ3) is 8.94. The molecule has 3 aliphatic rings. The van der Waals surface area contributed by atoms with Gasteiger partial charge < -0.3 is 35.4 Å². The van der Waals surface area contributed by atoms with Crippen molar-refractivity contribution in [2.75, 3.05) is 0 Å². The topological polar surface area (TPSA) is 189 Å². The Morgan fingerprint density at radius 2 is 1.42 bits per heavy atom. The molecule has 0 aliphatic heterocycles. The number of hydrogen-bond donors (Lipinski definition) is 5. The zero-order valence-corrected chi connectivity index (χ0v) is 31.0. The van der Waals surface area contributed by atoms with E-state index in [1.165, 1.54) is 18.6 Å². The highest BCUT2D eigenvalue weighted by molar-refractivity contribution is 6.32. The van der Waals surface area contributed by atoms with Crippen LogP contribution in [0.4, 0.5) is 0 Å². The van der Waals surface area contributed by atoms with Gasteiger partial charge in [0.1, 0.15) is 29.4 Å². The van der Waals surface area contributed by atoms with Gasteiger partial charge in [0.05, 0.1) is 11.8 Å². The van der Waals surface area contributed by atoms with Crippen LogP contribution < -0.4 is 16.0 Å². The molecule has 2 aromatic carbocycles. The Morgan fingerprint density at radius 3 is 1.92 bits per heavy atom. The predicted octanol–water partition coefficient (Wildman–Crippen LogP) is 2.94. The Hall–Kier alpha value is -4.66. The molecule has 282 valence electrons. The summed E-state index contributed by atoms with van der Waals surface area (Å²) in [7, 11) is -2.06. The summed E-state index contributed by atoms with van der Waals surface area (Å²) in [5.41, 5.74) is -1.32. The van der Waals surface area contributed by atoms with Crippen molar-refractivity contribution in [3.05, 3.63) is 96.1 Å². The summed E-state index contributed by atoms with van der Waals surface area (Å²) in [4.78, 5) is 63.7. The van der Waals surface area contributed by atoms with Crippen LogP contribution in [0.1, 0.15) is 81.9 Å². The van der Waals surface area contributed by atoms with Crippen LogP contribution in [0.3, 0.4) is 0 Å². The molecule has 53 heavy (non-hydrogen) atoms. The first-order valence-corrected chi connectivity index (χ1v) is 18.2. The molecule has 6 rings (SSSR count). The minimum absolute atomic E-state index is 0.0281. The number of ether oxygens (including phenoxy) is 1. The molecule has 5 N–H and O–H groups in total. The lowest BCUT2D eigenvalue weighted by atomic mass is 9.41. The minimum Gasteiger partial charge on any atom is -0.454 e. The lowest BCUT2D eigenvalue weighted by molar-refractivity contribution is -0.317. The predicted molar refractivity (Wildman–Crippen MR) is 197 cm³/mol. The first-order chi connectivity index (χ1) is 25.1. The maximum absolute atomic E-state index is 14.3. The number of hydrogen-bond acceptors (Lipinski definition) is 10. The zero-order chi connectivity index (χ0) is 38.4. The quantitative estimate of drug-likeness (QED) is 0.108. The number of esters is 1. The summed E-state index contributed by atoms with van der Waals surface area (Å²) >= 11 is 0. The minimum atomic E-state index is -2.06. The Morgan fingerprint density at radius 1 is 0.849 bits per heavy atom. The maximum atomic E-state index is 14.3. The molecule has 3 aliphatic carbocycles. The number of aromatic nitrogens is 2. The van der Waals surface area contributed by atoms with E-state index in [4.69, 9.17) is 9.39 Å². The van der Waals surface area contributed by atoms with E-state index in [2.05, 4.69) is 25.9 Å². The largest absolute Gasteiger partial charge is 0.634 e. The van der Waals surface area contributed by atoms with Gasteiger partial charge in [-0.05, 0) is 55.6 Å². The smallest absolute Gasteiger partial charge is 0.454 e. The second-order valence-electron chi connectivity index (χ2n) is 15.3. The van der Waals surface area contributed by atoms with Gasteiger partial charge >= 0.3 is 13.3 Å². The van der Waals surface area contributed by atoms with Gasteiger partial charge in [-0.1, -0.05) is 88.4 Å². The Labute approximate surface area is 310 Å². The van der Waals surface area contributed by atoms with Gasteiger partial charge in [0.15, 0.2) is 0 Å². The van der Waals surface area contributed by atoms with Crippen LogP contribution in [0.25, 0.3) is 0 Å². The molecular formula is C39H50BN5O8. The second-order valence-corrected chi connectivity index (χ2v) is 15.3. The monoisotopic (exact) mass is 727 g/mol. The molecule has 0 radical (unpaired) electrons. The van der Waals surface area contributed by atoms with Crippen molar-refractivity contribution in [2.24, 2.45) is 17.3 Å². The van der Waals surface area contributed by atoms with Gasteiger partial charge in [-0.2, -0.15) is 0 Å². The molecule has 3 saturated carbocycles. The Kier molecular flexibility index (Phi) is 12.4. The van der Waals surface area contributed by atoms with Crippen LogP contribution in [0.15, 0.2) is 79.3 Å². The van der Waals surface area contributed by atoms with Gasteiger partial charge in [0, 0.05) is 30.7 Å². The first-order valence-electron chi connectivity index (χ1n) is 18.2. The fraction of sp³-hybridized carbons (Fsp3) is 0.487.